The number of nitrogens with one attached hydrogen (secondary N) is 1. The van der Waals surface area contributed by atoms with Crippen LogP contribution in [0.1, 0.15) is 57.1 Å². The van der Waals surface area contributed by atoms with E-state index in [0.29, 0.717) is 22.0 Å². The zero-order valence-electron chi connectivity index (χ0n) is 16.3. The average Bonchev–Trinajstić information content (AvgIpc) is 2.69. The molecule has 1 amide bonds. The maximum Gasteiger partial charge on any atom is 0.235 e. The fourth-order valence-corrected chi connectivity index (χ4v) is 4.01. The molecular formula is C23H25ClN2O2. The summed E-state index contributed by atoms with van der Waals surface area (Å²) in [6.07, 6.45) is 4.73. The molecule has 0 aromatic heterocycles. The molecule has 0 bridgehead atoms. The van der Waals surface area contributed by atoms with Crippen LogP contribution in [0.4, 0.5) is 5.69 Å². The fraction of sp³-hybridized carbons (Fsp3) is 0.391. The van der Waals surface area contributed by atoms with Crippen molar-refractivity contribution in [1.82, 2.24) is 0 Å². The second kappa shape index (κ2) is 8.67. The number of hydrogen-bond donors (Lipinski definition) is 1. The predicted molar refractivity (Wildman–Crippen MR) is 112 cm³/mol. The van der Waals surface area contributed by atoms with Crippen molar-refractivity contribution >= 4 is 23.2 Å². The third-order valence-electron chi connectivity index (χ3n) is 5.27. The van der Waals surface area contributed by atoms with Gasteiger partial charge in [0.1, 0.15) is 11.8 Å². The van der Waals surface area contributed by atoms with Crippen LogP contribution in [-0.4, -0.2) is 12.0 Å². The molecule has 0 spiro atoms. The Morgan fingerprint density at radius 2 is 1.82 bits per heavy atom. The number of carbonyl (C=O) groups is 1. The fourth-order valence-electron chi connectivity index (χ4n) is 3.88. The third kappa shape index (κ3) is 4.31. The van der Waals surface area contributed by atoms with Crippen LogP contribution in [-0.2, 0) is 10.2 Å². The maximum absolute atomic E-state index is 13.4. The monoisotopic (exact) mass is 396 g/mol. The van der Waals surface area contributed by atoms with E-state index < -0.39 is 5.41 Å². The van der Waals surface area contributed by atoms with Crippen LogP contribution in [0.15, 0.2) is 42.5 Å². The van der Waals surface area contributed by atoms with Crippen LogP contribution in [0.3, 0.4) is 0 Å². The van der Waals surface area contributed by atoms with E-state index in [0.717, 1.165) is 37.7 Å². The van der Waals surface area contributed by atoms with Crippen molar-refractivity contribution in [3.8, 4) is 11.8 Å². The molecule has 0 radical (unpaired) electrons. The standard InChI is InChI=1S/C23H25ClN2O2/c1-16(2)28-20-10-11-21(17(14-20)15-25)26-22(27)23(12-4-3-5-13-23)18-6-8-19(24)9-7-18/h6-11,14,16H,3-5,12-13H2,1-2H3,(H,26,27). The summed E-state index contributed by atoms with van der Waals surface area (Å²) >= 11 is 6.05. The van der Waals surface area contributed by atoms with Crippen LogP contribution in [0, 0.1) is 11.3 Å². The summed E-state index contributed by atoms with van der Waals surface area (Å²) in [5.74, 6) is 0.554. The van der Waals surface area contributed by atoms with Gasteiger partial charge in [0.15, 0.2) is 0 Å². The molecule has 0 aliphatic heterocycles. The summed E-state index contributed by atoms with van der Waals surface area (Å²) in [6.45, 7) is 3.86. The van der Waals surface area contributed by atoms with Crippen LogP contribution in [0.2, 0.25) is 5.02 Å². The molecule has 5 heteroatoms. The van der Waals surface area contributed by atoms with Gasteiger partial charge in [0.25, 0.3) is 0 Å². The zero-order valence-corrected chi connectivity index (χ0v) is 17.1. The number of halogens is 1. The van der Waals surface area contributed by atoms with Crippen molar-refractivity contribution in [3.05, 3.63) is 58.6 Å². The van der Waals surface area contributed by atoms with Gasteiger partial charge in [-0.25, -0.2) is 0 Å². The number of rotatable bonds is 5. The molecule has 1 saturated carbocycles. The minimum absolute atomic E-state index is 0.0161. The SMILES string of the molecule is CC(C)Oc1ccc(NC(=O)C2(c3ccc(Cl)cc3)CCCCC2)c(C#N)c1. The van der Waals surface area contributed by atoms with Gasteiger partial charge < -0.3 is 10.1 Å². The number of ether oxygens (including phenoxy) is 1. The number of hydrogen-bond acceptors (Lipinski definition) is 3. The summed E-state index contributed by atoms with van der Waals surface area (Å²) in [5, 5.41) is 13.2. The first-order valence-corrected chi connectivity index (χ1v) is 10.1. The normalized spacial score (nSPS) is 15.7. The third-order valence-corrected chi connectivity index (χ3v) is 5.52. The summed E-state index contributed by atoms with van der Waals surface area (Å²) in [7, 11) is 0. The highest BCUT2D eigenvalue weighted by Gasteiger charge is 2.41. The Bertz CT molecular complexity index is 878. The maximum atomic E-state index is 13.4. The average molecular weight is 397 g/mol. The predicted octanol–water partition coefficient (Wildman–Crippen LogP) is 5.84. The molecule has 1 aliphatic carbocycles. The van der Waals surface area contributed by atoms with Gasteiger partial charge in [-0.3, -0.25) is 4.79 Å². The summed E-state index contributed by atoms with van der Waals surface area (Å²) in [6, 6.07) is 14.9. The minimum atomic E-state index is -0.595. The second-order valence-electron chi connectivity index (χ2n) is 7.59. The smallest absolute Gasteiger partial charge is 0.235 e. The first-order valence-electron chi connectivity index (χ1n) is 9.73. The number of carbonyl (C=O) groups excluding carboxylic acids is 1. The van der Waals surface area contributed by atoms with Crippen LogP contribution < -0.4 is 10.1 Å². The van der Waals surface area contributed by atoms with Crippen LogP contribution in [0.5, 0.6) is 5.75 Å². The first-order chi connectivity index (χ1) is 13.4. The van der Waals surface area contributed by atoms with E-state index in [4.69, 9.17) is 16.3 Å². The van der Waals surface area contributed by atoms with E-state index >= 15 is 0 Å². The molecule has 28 heavy (non-hydrogen) atoms. The van der Waals surface area contributed by atoms with Gasteiger partial charge in [0, 0.05) is 11.1 Å². The first kappa shape index (κ1) is 20.2. The highest BCUT2D eigenvalue weighted by molar-refractivity contribution is 6.30. The number of nitriles is 1. The van der Waals surface area contributed by atoms with Crippen molar-refractivity contribution in [2.75, 3.05) is 5.32 Å². The highest BCUT2D eigenvalue weighted by Crippen LogP contribution is 2.41. The lowest BCUT2D eigenvalue weighted by Crippen LogP contribution is -2.42. The molecule has 1 fully saturated rings. The zero-order chi connectivity index (χ0) is 20.1. The molecule has 3 rings (SSSR count). The lowest BCUT2D eigenvalue weighted by Gasteiger charge is -2.36. The number of nitrogens with zero attached hydrogens (tertiary/aromatic N) is 1. The Balaban J connectivity index is 1.90. The van der Waals surface area contributed by atoms with Gasteiger partial charge in [-0.05, 0) is 56.5 Å². The highest BCUT2D eigenvalue weighted by atomic mass is 35.5. The summed E-state index contributed by atoms with van der Waals surface area (Å²) < 4.78 is 5.66. The minimum Gasteiger partial charge on any atom is -0.491 e. The Morgan fingerprint density at radius 3 is 2.43 bits per heavy atom. The van der Waals surface area contributed by atoms with Crippen molar-refractivity contribution in [2.45, 2.75) is 57.5 Å². The molecule has 0 heterocycles. The molecule has 1 N–H and O–H groups in total. The van der Waals surface area contributed by atoms with Gasteiger partial charge in [-0.15, -0.1) is 0 Å². The van der Waals surface area contributed by atoms with Gasteiger partial charge >= 0.3 is 0 Å². The Hall–Kier alpha value is -2.51. The Kier molecular flexibility index (Phi) is 6.26. The molecule has 4 nitrogen and oxygen atoms in total. The van der Waals surface area contributed by atoms with E-state index in [1.165, 1.54) is 0 Å². The van der Waals surface area contributed by atoms with E-state index in [1.807, 2.05) is 38.1 Å². The molecule has 1 aliphatic rings. The molecule has 146 valence electrons. The Labute approximate surface area is 171 Å². The molecule has 0 saturated heterocycles. The van der Waals surface area contributed by atoms with E-state index in [-0.39, 0.29) is 12.0 Å². The van der Waals surface area contributed by atoms with Crippen molar-refractivity contribution in [2.24, 2.45) is 0 Å². The molecule has 0 unspecified atom stereocenters. The van der Waals surface area contributed by atoms with Crippen molar-refractivity contribution in [3.63, 3.8) is 0 Å². The van der Waals surface area contributed by atoms with Gasteiger partial charge in [-0.1, -0.05) is 43.0 Å². The van der Waals surface area contributed by atoms with Gasteiger partial charge in [0.05, 0.1) is 22.8 Å². The number of benzene rings is 2. The Morgan fingerprint density at radius 1 is 1.14 bits per heavy atom. The lowest BCUT2D eigenvalue weighted by molar-refractivity contribution is -0.122. The molecule has 2 aromatic carbocycles. The van der Waals surface area contributed by atoms with E-state index in [1.54, 1.807) is 18.2 Å². The van der Waals surface area contributed by atoms with E-state index in [9.17, 15) is 10.1 Å². The van der Waals surface area contributed by atoms with Crippen molar-refractivity contribution < 1.29 is 9.53 Å². The van der Waals surface area contributed by atoms with E-state index in [2.05, 4.69) is 11.4 Å². The quantitative estimate of drug-likeness (QED) is 0.690. The largest absolute Gasteiger partial charge is 0.491 e. The molecule has 0 atom stereocenters. The number of anilines is 1. The lowest BCUT2D eigenvalue weighted by atomic mass is 9.68. The summed E-state index contributed by atoms with van der Waals surface area (Å²) in [5.41, 5.74) is 1.30. The van der Waals surface area contributed by atoms with Gasteiger partial charge in [-0.2, -0.15) is 5.26 Å². The molecular weight excluding hydrogens is 372 g/mol. The van der Waals surface area contributed by atoms with Gasteiger partial charge in [0.2, 0.25) is 5.91 Å². The second-order valence-corrected chi connectivity index (χ2v) is 8.03. The van der Waals surface area contributed by atoms with Crippen LogP contribution in [0.25, 0.3) is 0 Å². The summed E-state index contributed by atoms with van der Waals surface area (Å²) in [4.78, 5) is 13.4. The topological polar surface area (TPSA) is 62.1 Å². The number of amides is 1. The van der Waals surface area contributed by atoms with Crippen LogP contribution >= 0.6 is 11.6 Å². The van der Waals surface area contributed by atoms with Crippen molar-refractivity contribution in [1.29, 1.82) is 5.26 Å². The molecule has 2 aromatic rings.